The van der Waals surface area contributed by atoms with Gasteiger partial charge in [-0.25, -0.2) is 9.67 Å². The molecule has 3 aromatic rings. The van der Waals surface area contributed by atoms with Gasteiger partial charge in [-0.05, 0) is 30.5 Å². The van der Waals surface area contributed by atoms with E-state index in [0.717, 1.165) is 34.3 Å². The van der Waals surface area contributed by atoms with Crippen molar-refractivity contribution in [2.75, 3.05) is 6.54 Å². The van der Waals surface area contributed by atoms with Gasteiger partial charge in [-0.1, -0.05) is 37.3 Å². The molecule has 23 heavy (non-hydrogen) atoms. The second-order valence-corrected chi connectivity index (χ2v) is 5.52. The molecule has 0 aliphatic carbocycles. The van der Waals surface area contributed by atoms with Crippen LogP contribution in [0.15, 0.2) is 42.6 Å². The molecule has 118 valence electrons. The molecule has 5 heteroatoms. The zero-order valence-corrected chi connectivity index (χ0v) is 13.4. The van der Waals surface area contributed by atoms with Gasteiger partial charge in [0, 0.05) is 18.1 Å². The fourth-order valence-electron chi connectivity index (χ4n) is 2.71. The molecule has 0 aliphatic rings. The zero-order chi connectivity index (χ0) is 16.2. The Morgan fingerprint density at radius 1 is 1.22 bits per heavy atom. The lowest BCUT2D eigenvalue weighted by atomic mass is 10.0. The molecule has 1 N–H and O–H groups in total. The Kier molecular flexibility index (Phi) is 4.37. The Morgan fingerprint density at radius 2 is 2.00 bits per heavy atom. The van der Waals surface area contributed by atoms with E-state index in [9.17, 15) is 4.79 Å². The van der Waals surface area contributed by atoms with E-state index in [1.54, 1.807) is 10.9 Å². The Bertz CT molecular complexity index is 824. The van der Waals surface area contributed by atoms with E-state index >= 15 is 0 Å². The van der Waals surface area contributed by atoms with E-state index in [-0.39, 0.29) is 12.5 Å². The van der Waals surface area contributed by atoms with Gasteiger partial charge >= 0.3 is 0 Å². The van der Waals surface area contributed by atoms with Gasteiger partial charge in [0.25, 0.3) is 0 Å². The van der Waals surface area contributed by atoms with Crippen LogP contribution in [0.3, 0.4) is 0 Å². The number of nitrogens with zero attached hydrogens (tertiary/aromatic N) is 3. The molecule has 0 bridgehead atoms. The summed E-state index contributed by atoms with van der Waals surface area (Å²) in [5, 5.41) is 8.39. The Balaban J connectivity index is 2.02. The standard InChI is InChI=1S/C18H20N4O/c1-3-10-19-16(23)12-22-18-17(13(2)21-22)15(9-11-20-18)14-7-5-4-6-8-14/h4-9,11H,3,10,12H2,1-2H3,(H,19,23). The first kappa shape index (κ1) is 15.2. The van der Waals surface area contributed by atoms with Crippen molar-refractivity contribution in [2.24, 2.45) is 0 Å². The van der Waals surface area contributed by atoms with Gasteiger partial charge in [0.05, 0.1) is 5.69 Å². The average molecular weight is 308 g/mol. The minimum absolute atomic E-state index is 0.0387. The largest absolute Gasteiger partial charge is 0.355 e. The highest BCUT2D eigenvalue weighted by atomic mass is 16.2. The third kappa shape index (κ3) is 3.08. The van der Waals surface area contributed by atoms with Gasteiger partial charge in [-0.3, -0.25) is 4.79 Å². The topological polar surface area (TPSA) is 59.8 Å². The monoisotopic (exact) mass is 308 g/mol. The summed E-state index contributed by atoms with van der Waals surface area (Å²) in [6.45, 7) is 4.85. The summed E-state index contributed by atoms with van der Waals surface area (Å²) in [5.74, 6) is -0.0387. The lowest BCUT2D eigenvalue weighted by Gasteiger charge is -2.06. The van der Waals surface area contributed by atoms with Crippen LogP contribution in [0.25, 0.3) is 22.2 Å². The minimum atomic E-state index is -0.0387. The normalized spacial score (nSPS) is 10.9. The Morgan fingerprint density at radius 3 is 2.74 bits per heavy atom. The first-order valence-electron chi connectivity index (χ1n) is 7.85. The number of aryl methyl sites for hydroxylation is 1. The molecule has 0 saturated heterocycles. The van der Waals surface area contributed by atoms with Crippen molar-refractivity contribution in [3.63, 3.8) is 0 Å². The number of carbonyl (C=O) groups excluding carboxylic acids is 1. The maximum atomic E-state index is 12.0. The molecular formula is C18H20N4O. The molecule has 3 rings (SSSR count). The summed E-state index contributed by atoms with van der Waals surface area (Å²) in [4.78, 5) is 16.4. The number of pyridine rings is 1. The summed E-state index contributed by atoms with van der Waals surface area (Å²) in [7, 11) is 0. The molecule has 0 radical (unpaired) electrons. The number of hydrogen-bond acceptors (Lipinski definition) is 3. The highest BCUT2D eigenvalue weighted by Gasteiger charge is 2.15. The maximum absolute atomic E-state index is 12.0. The second kappa shape index (κ2) is 6.60. The third-order valence-corrected chi connectivity index (χ3v) is 3.76. The van der Waals surface area contributed by atoms with E-state index in [0.29, 0.717) is 6.54 Å². The molecule has 0 aliphatic heterocycles. The summed E-state index contributed by atoms with van der Waals surface area (Å²) < 4.78 is 1.68. The molecule has 0 atom stereocenters. The molecule has 2 aromatic heterocycles. The van der Waals surface area contributed by atoms with E-state index < -0.39 is 0 Å². The number of benzene rings is 1. The third-order valence-electron chi connectivity index (χ3n) is 3.76. The molecule has 1 amide bonds. The Hall–Kier alpha value is -2.69. The number of hydrogen-bond donors (Lipinski definition) is 1. The lowest BCUT2D eigenvalue weighted by Crippen LogP contribution is -2.28. The van der Waals surface area contributed by atoms with E-state index in [1.165, 1.54) is 0 Å². The molecule has 5 nitrogen and oxygen atoms in total. The van der Waals surface area contributed by atoms with Gasteiger partial charge in [0.1, 0.15) is 6.54 Å². The molecule has 0 unspecified atom stereocenters. The summed E-state index contributed by atoms with van der Waals surface area (Å²) in [6, 6.07) is 12.2. The summed E-state index contributed by atoms with van der Waals surface area (Å²) in [6.07, 6.45) is 2.69. The average Bonchev–Trinajstić information content (AvgIpc) is 2.90. The van der Waals surface area contributed by atoms with Crippen molar-refractivity contribution in [2.45, 2.75) is 26.8 Å². The first-order valence-corrected chi connectivity index (χ1v) is 7.85. The number of carbonyl (C=O) groups is 1. The number of fused-ring (bicyclic) bond motifs is 1. The Labute approximate surface area is 135 Å². The van der Waals surface area contributed by atoms with Crippen LogP contribution >= 0.6 is 0 Å². The van der Waals surface area contributed by atoms with Crippen LogP contribution in [0, 0.1) is 6.92 Å². The molecule has 0 fully saturated rings. The van der Waals surface area contributed by atoms with Crippen molar-refractivity contribution in [1.29, 1.82) is 0 Å². The minimum Gasteiger partial charge on any atom is -0.355 e. The van der Waals surface area contributed by atoms with E-state index in [2.05, 4.69) is 27.5 Å². The summed E-state index contributed by atoms with van der Waals surface area (Å²) in [5.41, 5.74) is 3.84. The fraction of sp³-hybridized carbons (Fsp3) is 0.278. The van der Waals surface area contributed by atoms with Crippen LogP contribution in [0.1, 0.15) is 19.0 Å². The highest BCUT2D eigenvalue weighted by Crippen LogP contribution is 2.29. The second-order valence-electron chi connectivity index (χ2n) is 5.52. The lowest BCUT2D eigenvalue weighted by molar-refractivity contribution is -0.121. The van der Waals surface area contributed by atoms with Crippen molar-refractivity contribution < 1.29 is 4.79 Å². The highest BCUT2D eigenvalue weighted by molar-refractivity contribution is 5.95. The van der Waals surface area contributed by atoms with Gasteiger partial charge in [0.15, 0.2) is 5.65 Å². The maximum Gasteiger partial charge on any atom is 0.241 e. The van der Waals surface area contributed by atoms with Crippen molar-refractivity contribution >= 4 is 16.9 Å². The predicted molar refractivity (Wildman–Crippen MR) is 91.0 cm³/mol. The van der Waals surface area contributed by atoms with Crippen LogP contribution in [-0.2, 0) is 11.3 Å². The van der Waals surface area contributed by atoms with Gasteiger partial charge < -0.3 is 5.32 Å². The van der Waals surface area contributed by atoms with Crippen molar-refractivity contribution in [1.82, 2.24) is 20.1 Å². The number of nitrogens with one attached hydrogen (secondary N) is 1. The SMILES string of the molecule is CCCNC(=O)Cn1nc(C)c2c(-c3ccccc3)ccnc21. The first-order chi connectivity index (χ1) is 11.2. The van der Waals surface area contributed by atoms with Crippen LogP contribution in [0.5, 0.6) is 0 Å². The van der Waals surface area contributed by atoms with Gasteiger partial charge in [-0.15, -0.1) is 0 Å². The van der Waals surface area contributed by atoms with Crippen LogP contribution in [-0.4, -0.2) is 27.2 Å². The zero-order valence-electron chi connectivity index (χ0n) is 13.4. The van der Waals surface area contributed by atoms with Crippen LogP contribution < -0.4 is 5.32 Å². The number of rotatable bonds is 5. The number of aromatic nitrogens is 3. The molecule has 0 saturated carbocycles. The molecular weight excluding hydrogens is 288 g/mol. The number of amides is 1. The molecule has 2 heterocycles. The van der Waals surface area contributed by atoms with Crippen molar-refractivity contribution in [3.8, 4) is 11.1 Å². The van der Waals surface area contributed by atoms with E-state index in [1.807, 2.05) is 38.1 Å². The predicted octanol–water partition coefficient (Wildman–Crippen LogP) is 2.93. The van der Waals surface area contributed by atoms with Crippen LogP contribution in [0.2, 0.25) is 0 Å². The smallest absolute Gasteiger partial charge is 0.241 e. The summed E-state index contributed by atoms with van der Waals surface area (Å²) >= 11 is 0. The van der Waals surface area contributed by atoms with Gasteiger partial charge in [-0.2, -0.15) is 5.10 Å². The van der Waals surface area contributed by atoms with Crippen LogP contribution in [0.4, 0.5) is 0 Å². The van der Waals surface area contributed by atoms with Crippen molar-refractivity contribution in [3.05, 3.63) is 48.3 Å². The van der Waals surface area contributed by atoms with Gasteiger partial charge in [0.2, 0.25) is 5.91 Å². The fourth-order valence-corrected chi connectivity index (χ4v) is 2.71. The quantitative estimate of drug-likeness (QED) is 0.788. The molecule has 1 aromatic carbocycles. The molecule has 0 spiro atoms. The van der Waals surface area contributed by atoms with E-state index in [4.69, 9.17) is 0 Å².